The standard InChI is InChI=1S/C13H14Cl2N2O2.C2H2O4/c14-12-2-1-11(9-13(12)15)19-8-7-18-6-5-17-4-3-16-10-17;3-1(4)2(5)6/h1-4,9-10H,5-8H2;(H,3,4)(H,5,6). The van der Waals surface area contributed by atoms with E-state index in [0.29, 0.717) is 35.6 Å². The molecule has 0 radical (unpaired) electrons. The van der Waals surface area contributed by atoms with Crippen LogP contribution in [0.2, 0.25) is 10.0 Å². The van der Waals surface area contributed by atoms with Crippen LogP contribution in [-0.4, -0.2) is 51.5 Å². The molecule has 2 rings (SSSR count). The number of benzene rings is 1. The van der Waals surface area contributed by atoms with Gasteiger partial charge in [0.15, 0.2) is 0 Å². The van der Waals surface area contributed by atoms with E-state index >= 15 is 0 Å². The van der Waals surface area contributed by atoms with Gasteiger partial charge in [0.1, 0.15) is 12.4 Å². The van der Waals surface area contributed by atoms with E-state index in [-0.39, 0.29) is 0 Å². The van der Waals surface area contributed by atoms with Gasteiger partial charge in [-0.05, 0) is 12.1 Å². The highest BCUT2D eigenvalue weighted by Crippen LogP contribution is 2.26. The predicted octanol–water partition coefficient (Wildman–Crippen LogP) is 2.44. The number of hydrogen-bond donors (Lipinski definition) is 2. The van der Waals surface area contributed by atoms with Gasteiger partial charge in [0.05, 0.1) is 29.6 Å². The highest BCUT2D eigenvalue weighted by molar-refractivity contribution is 6.42. The first-order valence-corrected chi connectivity index (χ1v) is 7.73. The molecule has 0 aliphatic carbocycles. The zero-order chi connectivity index (χ0) is 18.7. The van der Waals surface area contributed by atoms with Crippen LogP contribution in [0.3, 0.4) is 0 Å². The van der Waals surface area contributed by atoms with Gasteiger partial charge in [-0.1, -0.05) is 23.2 Å². The zero-order valence-electron chi connectivity index (χ0n) is 13.0. The van der Waals surface area contributed by atoms with Crippen LogP contribution < -0.4 is 4.74 Å². The van der Waals surface area contributed by atoms with E-state index in [1.165, 1.54) is 0 Å². The summed E-state index contributed by atoms with van der Waals surface area (Å²) in [5.74, 6) is -2.96. The third kappa shape index (κ3) is 8.94. The number of carboxylic acid groups (broad SMARTS) is 2. The van der Waals surface area contributed by atoms with Crippen molar-refractivity contribution in [3.8, 4) is 5.75 Å². The lowest BCUT2D eigenvalue weighted by molar-refractivity contribution is -0.159. The maximum absolute atomic E-state index is 9.10. The summed E-state index contributed by atoms with van der Waals surface area (Å²) >= 11 is 11.7. The fourth-order valence-electron chi connectivity index (χ4n) is 1.48. The summed E-state index contributed by atoms with van der Waals surface area (Å²) in [6.45, 7) is 2.41. The number of aliphatic carboxylic acids is 2. The van der Waals surface area contributed by atoms with E-state index < -0.39 is 11.9 Å². The molecular formula is C15H16Cl2N2O6. The third-order valence-electron chi connectivity index (χ3n) is 2.62. The molecule has 2 N–H and O–H groups in total. The summed E-state index contributed by atoms with van der Waals surface area (Å²) < 4.78 is 12.9. The highest BCUT2D eigenvalue weighted by atomic mass is 35.5. The van der Waals surface area contributed by atoms with E-state index in [0.717, 1.165) is 6.54 Å². The Bertz CT molecular complexity index is 667. The third-order valence-corrected chi connectivity index (χ3v) is 3.36. The van der Waals surface area contributed by atoms with Crippen molar-refractivity contribution in [2.24, 2.45) is 0 Å². The number of imidazole rings is 1. The van der Waals surface area contributed by atoms with E-state index in [1.54, 1.807) is 30.7 Å². The molecule has 1 heterocycles. The SMILES string of the molecule is Clc1ccc(OCCOCCn2ccnc2)cc1Cl.O=C(O)C(=O)O. The van der Waals surface area contributed by atoms with Crippen LogP contribution in [0.25, 0.3) is 0 Å². The van der Waals surface area contributed by atoms with Crippen LogP contribution in [0.4, 0.5) is 0 Å². The van der Waals surface area contributed by atoms with E-state index in [1.807, 2.05) is 10.8 Å². The summed E-state index contributed by atoms with van der Waals surface area (Å²) in [5.41, 5.74) is 0. The molecule has 0 unspecified atom stereocenters. The number of nitrogens with zero attached hydrogens (tertiary/aromatic N) is 2. The molecule has 1 aromatic carbocycles. The normalized spacial score (nSPS) is 9.84. The second-order valence-corrected chi connectivity index (χ2v) is 5.26. The van der Waals surface area contributed by atoms with Crippen molar-refractivity contribution < 1.29 is 29.3 Å². The van der Waals surface area contributed by atoms with Crippen LogP contribution >= 0.6 is 23.2 Å². The van der Waals surface area contributed by atoms with Crippen molar-refractivity contribution in [2.45, 2.75) is 6.54 Å². The topological polar surface area (TPSA) is 111 Å². The lowest BCUT2D eigenvalue weighted by atomic mass is 10.3. The maximum Gasteiger partial charge on any atom is 0.414 e. The molecule has 0 aliphatic heterocycles. The molecule has 0 spiro atoms. The van der Waals surface area contributed by atoms with Gasteiger partial charge in [-0.25, -0.2) is 14.6 Å². The molecule has 0 amide bonds. The number of ether oxygens (including phenoxy) is 2. The smallest absolute Gasteiger partial charge is 0.414 e. The Hall–Kier alpha value is -2.29. The van der Waals surface area contributed by atoms with E-state index in [9.17, 15) is 0 Å². The van der Waals surface area contributed by atoms with Crippen molar-refractivity contribution in [3.05, 3.63) is 47.0 Å². The molecule has 2 aromatic rings. The molecule has 0 atom stereocenters. The number of hydrogen-bond acceptors (Lipinski definition) is 5. The summed E-state index contributed by atoms with van der Waals surface area (Å²) in [6.07, 6.45) is 5.40. The molecule has 1 aromatic heterocycles. The number of halogens is 2. The van der Waals surface area contributed by atoms with Gasteiger partial charge < -0.3 is 24.3 Å². The van der Waals surface area contributed by atoms with Crippen molar-refractivity contribution >= 4 is 35.1 Å². The van der Waals surface area contributed by atoms with E-state index in [4.69, 9.17) is 52.5 Å². The minimum absolute atomic E-state index is 0.474. The second kappa shape index (κ2) is 11.3. The minimum atomic E-state index is -1.82. The van der Waals surface area contributed by atoms with E-state index in [2.05, 4.69) is 4.98 Å². The second-order valence-electron chi connectivity index (χ2n) is 4.45. The molecule has 0 saturated carbocycles. The zero-order valence-corrected chi connectivity index (χ0v) is 14.5. The molecule has 10 heteroatoms. The Morgan fingerprint density at radius 1 is 1.08 bits per heavy atom. The van der Waals surface area contributed by atoms with Gasteiger partial charge in [-0.15, -0.1) is 0 Å². The number of rotatable bonds is 7. The van der Waals surface area contributed by atoms with Crippen molar-refractivity contribution in [1.82, 2.24) is 9.55 Å². The van der Waals surface area contributed by atoms with Gasteiger partial charge in [-0.3, -0.25) is 0 Å². The Labute approximate surface area is 153 Å². The highest BCUT2D eigenvalue weighted by Gasteiger charge is 2.04. The molecule has 0 saturated heterocycles. The van der Waals surface area contributed by atoms with Gasteiger partial charge in [0.2, 0.25) is 0 Å². The average Bonchev–Trinajstić information content (AvgIpc) is 3.08. The Kier molecular flexibility index (Phi) is 9.38. The van der Waals surface area contributed by atoms with Crippen molar-refractivity contribution in [3.63, 3.8) is 0 Å². The number of carboxylic acids is 2. The van der Waals surface area contributed by atoms with Gasteiger partial charge in [0, 0.05) is 25.0 Å². The summed E-state index contributed by atoms with van der Waals surface area (Å²) in [5, 5.41) is 15.8. The fraction of sp³-hybridized carbons (Fsp3) is 0.267. The minimum Gasteiger partial charge on any atom is -0.491 e. The molecule has 0 fully saturated rings. The molecule has 25 heavy (non-hydrogen) atoms. The first kappa shape index (κ1) is 20.8. The summed E-state index contributed by atoms with van der Waals surface area (Å²) in [4.78, 5) is 22.2. The molecule has 136 valence electrons. The number of aromatic nitrogens is 2. The first-order chi connectivity index (χ1) is 11.9. The molecular weight excluding hydrogens is 375 g/mol. The van der Waals surface area contributed by atoms with Crippen molar-refractivity contribution in [1.29, 1.82) is 0 Å². The molecule has 0 aliphatic rings. The lowest BCUT2D eigenvalue weighted by Gasteiger charge is -2.08. The van der Waals surface area contributed by atoms with Gasteiger partial charge in [0.25, 0.3) is 0 Å². The predicted molar refractivity (Wildman–Crippen MR) is 90.3 cm³/mol. The van der Waals surface area contributed by atoms with Crippen LogP contribution in [0, 0.1) is 0 Å². The fourth-order valence-corrected chi connectivity index (χ4v) is 1.76. The van der Waals surface area contributed by atoms with Crippen LogP contribution in [0.1, 0.15) is 0 Å². The largest absolute Gasteiger partial charge is 0.491 e. The summed E-state index contributed by atoms with van der Waals surface area (Å²) in [7, 11) is 0. The summed E-state index contributed by atoms with van der Waals surface area (Å²) in [6, 6.07) is 5.17. The van der Waals surface area contributed by atoms with Gasteiger partial charge in [-0.2, -0.15) is 0 Å². The first-order valence-electron chi connectivity index (χ1n) is 6.97. The van der Waals surface area contributed by atoms with Crippen LogP contribution in [0.15, 0.2) is 36.9 Å². The molecule has 8 nitrogen and oxygen atoms in total. The monoisotopic (exact) mass is 390 g/mol. The lowest BCUT2D eigenvalue weighted by Crippen LogP contribution is -2.10. The molecule has 0 bridgehead atoms. The number of carbonyl (C=O) groups is 2. The van der Waals surface area contributed by atoms with Crippen LogP contribution in [-0.2, 0) is 20.9 Å². The average molecular weight is 391 g/mol. The van der Waals surface area contributed by atoms with Crippen molar-refractivity contribution in [2.75, 3.05) is 19.8 Å². The van der Waals surface area contributed by atoms with Crippen LogP contribution in [0.5, 0.6) is 5.75 Å². The quantitative estimate of drug-likeness (QED) is 0.551. The maximum atomic E-state index is 9.10. The Morgan fingerprint density at radius 2 is 1.80 bits per heavy atom. The Balaban J connectivity index is 0.000000450. The Morgan fingerprint density at radius 3 is 2.36 bits per heavy atom. The van der Waals surface area contributed by atoms with Gasteiger partial charge >= 0.3 is 11.9 Å².